The molecule has 1 atom stereocenters. The first-order valence-electron chi connectivity index (χ1n) is 7.14. The summed E-state index contributed by atoms with van der Waals surface area (Å²) in [5.74, 6) is 0.0416. The Morgan fingerprint density at radius 2 is 2.09 bits per heavy atom. The summed E-state index contributed by atoms with van der Waals surface area (Å²) in [5, 5.41) is 26.9. The van der Waals surface area contributed by atoms with E-state index in [2.05, 4.69) is 20.4 Å². The minimum atomic E-state index is -1.01. The third kappa shape index (κ3) is 3.13. The topological polar surface area (TPSA) is 96.1 Å². The molecule has 2 heterocycles. The molecule has 3 rings (SSSR count). The molecule has 7 nitrogen and oxygen atoms in total. The van der Waals surface area contributed by atoms with Crippen molar-refractivity contribution in [2.24, 2.45) is 0 Å². The van der Waals surface area contributed by atoms with E-state index in [1.807, 2.05) is 0 Å². The second-order valence-corrected chi connectivity index (χ2v) is 4.97. The molecule has 0 spiro atoms. The summed E-state index contributed by atoms with van der Waals surface area (Å²) in [4.78, 5) is 8.26. The molecule has 1 aromatic carbocycles. The van der Waals surface area contributed by atoms with Gasteiger partial charge in [0.2, 0.25) is 0 Å². The Labute approximate surface area is 131 Å². The van der Waals surface area contributed by atoms with E-state index in [1.54, 1.807) is 23.0 Å². The number of hydrogen-bond donors (Lipinski definition) is 3. The zero-order valence-corrected chi connectivity index (χ0v) is 12.2. The van der Waals surface area contributed by atoms with Gasteiger partial charge in [-0.15, -0.1) is 0 Å². The van der Waals surface area contributed by atoms with Crippen molar-refractivity contribution in [3.05, 3.63) is 48.2 Å². The van der Waals surface area contributed by atoms with Gasteiger partial charge in [0.15, 0.2) is 5.65 Å². The predicted octanol–water partition coefficient (Wildman–Crippen LogP) is 1.10. The first-order valence-corrected chi connectivity index (χ1v) is 7.14. The molecule has 0 radical (unpaired) electrons. The third-order valence-corrected chi connectivity index (χ3v) is 3.47. The summed E-state index contributed by atoms with van der Waals surface area (Å²) < 4.78 is 15.2. The van der Waals surface area contributed by atoms with Crippen molar-refractivity contribution in [1.82, 2.24) is 19.7 Å². The number of benzene rings is 1. The van der Waals surface area contributed by atoms with Crippen molar-refractivity contribution in [1.29, 1.82) is 0 Å². The number of nitrogens with one attached hydrogen (secondary N) is 1. The van der Waals surface area contributed by atoms with E-state index in [0.717, 1.165) is 0 Å². The summed E-state index contributed by atoms with van der Waals surface area (Å²) in [5.41, 5.74) is 0.804. The lowest BCUT2D eigenvalue weighted by molar-refractivity contribution is 0.186. The van der Waals surface area contributed by atoms with Gasteiger partial charge in [0.25, 0.3) is 0 Å². The second-order valence-electron chi connectivity index (χ2n) is 4.97. The Balaban J connectivity index is 1.78. The first-order chi connectivity index (χ1) is 11.2. The summed E-state index contributed by atoms with van der Waals surface area (Å²) >= 11 is 0. The standard InChI is InChI=1S/C15H16FN5O2/c16-12-4-2-1-3-10(12)13(23)8-17-14-11-7-20-21(5-6-22)15(11)19-9-18-14/h1-4,7,9,13,22-23H,5-6,8H2,(H,17,18,19). The van der Waals surface area contributed by atoms with E-state index < -0.39 is 11.9 Å². The number of fused-ring (bicyclic) bond motifs is 1. The minimum Gasteiger partial charge on any atom is -0.394 e. The normalized spacial score (nSPS) is 12.5. The quantitative estimate of drug-likeness (QED) is 0.630. The highest BCUT2D eigenvalue weighted by Crippen LogP contribution is 2.21. The van der Waals surface area contributed by atoms with Gasteiger partial charge < -0.3 is 15.5 Å². The van der Waals surface area contributed by atoms with Gasteiger partial charge in [-0.3, -0.25) is 0 Å². The van der Waals surface area contributed by atoms with Gasteiger partial charge in [0.1, 0.15) is 18.0 Å². The number of halogens is 1. The number of rotatable bonds is 6. The van der Waals surface area contributed by atoms with Crippen molar-refractivity contribution in [2.75, 3.05) is 18.5 Å². The molecule has 0 fully saturated rings. The van der Waals surface area contributed by atoms with Crippen LogP contribution >= 0.6 is 0 Å². The highest BCUT2D eigenvalue weighted by atomic mass is 19.1. The number of anilines is 1. The van der Waals surface area contributed by atoms with Gasteiger partial charge in [0, 0.05) is 12.1 Å². The van der Waals surface area contributed by atoms with Crippen molar-refractivity contribution < 1.29 is 14.6 Å². The van der Waals surface area contributed by atoms with Crippen LogP contribution in [0.2, 0.25) is 0 Å². The average molecular weight is 317 g/mol. The molecular formula is C15H16FN5O2. The van der Waals surface area contributed by atoms with Gasteiger partial charge in [-0.1, -0.05) is 18.2 Å². The third-order valence-electron chi connectivity index (χ3n) is 3.47. The zero-order chi connectivity index (χ0) is 16.2. The number of aliphatic hydroxyl groups excluding tert-OH is 2. The molecule has 0 aliphatic rings. The molecule has 8 heteroatoms. The fourth-order valence-corrected chi connectivity index (χ4v) is 2.34. The maximum absolute atomic E-state index is 13.7. The predicted molar refractivity (Wildman–Crippen MR) is 82.3 cm³/mol. The molecule has 1 unspecified atom stereocenters. The largest absolute Gasteiger partial charge is 0.394 e. The molecule has 0 saturated heterocycles. The molecule has 120 valence electrons. The Morgan fingerprint density at radius 1 is 1.26 bits per heavy atom. The number of aromatic nitrogens is 4. The molecule has 0 saturated carbocycles. The summed E-state index contributed by atoms with van der Waals surface area (Å²) in [6, 6.07) is 6.09. The second kappa shape index (κ2) is 6.67. The van der Waals surface area contributed by atoms with Crippen LogP contribution in [0.25, 0.3) is 11.0 Å². The van der Waals surface area contributed by atoms with Gasteiger partial charge >= 0.3 is 0 Å². The number of nitrogens with zero attached hydrogens (tertiary/aromatic N) is 4. The Morgan fingerprint density at radius 3 is 2.87 bits per heavy atom. The lowest BCUT2D eigenvalue weighted by atomic mass is 10.1. The van der Waals surface area contributed by atoms with Crippen LogP contribution in [0.1, 0.15) is 11.7 Å². The first kappa shape index (κ1) is 15.3. The Hall–Kier alpha value is -2.58. The SMILES string of the molecule is OCCn1ncc2c(NCC(O)c3ccccc3F)ncnc21. The van der Waals surface area contributed by atoms with E-state index in [1.165, 1.54) is 18.5 Å². The maximum atomic E-state index is 13.7. The average Bonchev–Trinajstić information content (AvgIpc) is 2.97. The molecule has 0 aliphatic carbocycles. The maximum Gasteiger partial charge on any atom is 0.163 e. The summed E-state index contributed by atoms with van der Waals surface area (Å²) in [6.45, 7) is 0.381. The molecule has 0 bridgehead atoms. The Kier molecular flexibility index (Phi) is 4.45. The van der Waals surface area contributed by atoms with Crippen LogP contribution in [-0.4, -0.2) is 43.1 Å². The summed E-state index contributed by atoms with van der Waals surface area (Å²) in [7, 11) is 0. The highest BCUT2D eigenvalue weighted by Gasteiger charge is 2.14. The van der Waals surface area contributed by atoms with Crippen molar-refractivity contribution in [3.63, 3.8) is 0 Å². The zero-order valence-electron chi connectivity index (χ0n) is 12.2. The van der Waals surface area contributed by atoms with Crippen molar-refractivity contribution in [3.8, 4) is 0 Å². The van der Waals surface area contributed by atoms with Gasteiger partial charge in [-0.05, 0) is 6.07 Å². The smallest absolute Gasteiger partial charge is 0.163 e. The van der Waals surface area contributed by atoms with Crippen LogP contribution in [-0.2, 0) is 6.54 Å². The monoisotopic (exact) mass is 317 g/mol. The molecular weight excluding hydrogens is 301 g/mol. The van der Waals surface area contributed by atoms with Crippen LogP contribution in [0, 0.1) is 5.82 Å². The molecule has 0 aliphatic heterocycles. The van der Waals surface area contributed by atoms with Crippen molar-refractivity contribution >= 4 is 16.9 Å². The fraction of sp³-hybridized carbons (Fsp3) is 0.267. The molecule has 2 aromatic heterocycles. The highest BCUT2D eigenvalue weighted by molar-refractivity contribution is 5.86. The summed E-state index contributed by atoms with van der Waals surface area (Å²) in [6.07, 6.45) is 1.95. The minimum absolute atomic E-state index is 0.0461. The molecule has 3 aromatic rings. The number of hydrogen-bond acceptors (Lipinski definition) is 6. The van der Waals surface area contributed by atoms with Crippen LogP contribution in [0.3, 0.4) is 0 Å². The van der Waals surface area contributed by atoms with Crippen LogP contribution < -0.4 is 5.32 Å². The molecule has 3 N–H and O–H groups in total. The van der Waals surface area contributed by atoms with Crippen LogP contribution in [0.5, 0.6) is 0 Å². The molecule has 23 heavy (non-hydrogen) atoms. The van der Waals surface area contributed by atoms with Crippen LogP contribution in [0.15, 0.2) is 36.8 Å². The van der Waals surface area contributed by atoms with Gasteiger partial charge in [0.05, 0.1) is 30.8 Å². The van der Waals surface area contributed by atoms with Gasteiger partial charge in [-0.25, -0.2) is 19.0 Å². The van der Waals surface area contributed by atoms with E-state index in [4.69, 9.17) is 5.11 Å². The lowest BCUT2D eigenvalue weighted by Crippen LogP contribution is -2.14. The van der Waals surface area contributed by atoms with E-state index in [0.29, 0.717) is 23.4 Å². The number of aliphatic hydroxyl groups is 2. The van der Waals surface area contributed by atoms with E-state index in [9.17, 15) is 9.50 Å². The van der Waals surface area contributed by atoms with E-state index >= 15 is 0 Å². The fourth-order valence-electron chi connectivity index (χ4n) is 2.34. The van der Waals surface area contributed by atoms with E-state index in [-0.39, 0.29) is 18.7 Å². The Bertz CT molecular complexity index is 807. The molecule has 0 amide bonds. The lowest BCUT2D eigenvalue weighted by Gasteiger charge is -2.13. The van der Waals surface area contributed by atoms with Crippen molar-refractivity contribution in [2.45, 2.75) is 12.6 Å². The van der Waals surface area contributed by atoms with Crippen LogP contribution in [0.4, 0.5) is 10.2 Å². The van der Waals surface area contributed by atoms with Gasteiger partial charge in [-0.2, -0.15) is 5.10 Å².